The van der Waals surface area contributed by atoms with E-state index in [1.807, 2.05) is 67.6 Å². The minimum Gasteiger partial charge on any atom is -0.445 e. The van der Waals surface area contributed by atoms with Crippen molar-refractivity contribution in [2.24, 2.45) is 5.41 Å². The van der Waals surface area contributed by atoms with Crippen LogP contribution < -0.4 is 10.6 Å². The highest BCUT2D eigenvalue weighted by Gasteiger charge is 2.24. The van der Waals surface area contributed by atoms with E-state index in [-0.39, 0.29) is 25.7 Å². The molecule has 0 aliphatic carbocycles. The molecule has 2 amide bonds. The van der Waals surface area contributed by atoms with Gasteiger partial charge < -0.3 is 20.5 Å². The zero-order valence-corrected chi connectivity index (χ0v) is 15.5. The van der Waals surface area contributed by atoms with Crippen LogP contribution in [-0.2, 0) is 22.6 Å². The standard InChI is InChI=1S/C21H26N2O4/c1-21(16-24,12-17-8-4-2-5-9-17)15-23-19(25)13-22-20(26)27-14-18-10-6-3-7-11-18/h2-11,24H,12-16H2,1H3,(H,22,26)(H,23,25)/t21-/m1/s1. The Bertz CT molecular complexity index is 721. The van der Waals surface area contributed by atoms with E-state index in [0.29, 0.717) is 13.0 Å². The van der Waals surface area contributed by atoms with Crippen molar-refractivity contribution in [1.29, 1.82) is 0 Å². The van der Waals surface area contributed by atoms with Gasteiger partial charge in [-0.25, -0.2) is 4.79 Å². The van der Waals surface area contributed by atoms with E-state index in [2.05, 4.69) is 10.6 Å². The number of alkyl carbamates (subject to hydrolysis) is 1. The van der Waals surface area contributed by atoms with E-state index in [1.165, 1.54) is 0 Å². The number of hydrogen-bond donors (Lipinski definition) is 3. The molecule has 0 fully saturated rings. The molecule has 0 bridgehead atoms. The fourth-order valence-corrected chi connectivity index (χ4v) is 2.56. The molecule has 27 heavy (non-hydrogen) atoms. The van der Waals surface area contributed by atoms with Gasteiger partial charge in [0.25, 0.3) is 0 Å². The average molecular weight is 370 g/mol. The van der Waals surface area contributed by atoms with Gasteiger partial charge in [0.05, 0.1) is 13.2 Å². The molecule has 6 nitrogen and oxygen atoms in total. The molecule has 0 unspecified atom stereocenters. The normalized spacial score (nSPS) is 12.7. The van der Waals surface area contributed by atoms with Gasteiger partial charge in [0, 0.05) is 12.0 Å². The minimum atomic E-state index is -0.650. The number of hydrogen-bond acceptors (Lipinski definition) is 4. The maximum atomic E-state index is 12.0. The third-order valence-corrected chi connectivity index (χ3v) is 4.17. The van der Waals surface area contributed by atoms with Gasteiger partial charge >= 0.3 is 6.09 Å². The Labute approximate surface area is 159 Å². The Hall–Kier alpha value is -2.86. The lowest BCUT2D eigenvalue weighted by atomic mass is 9.84. The lowest BCUT2D eigenvalue weighted by Crippen LogP contribution is -2.43. The summed E-state index contributed by atoms with van der Waals surface area (Å²) in [5, 5.41) is 14.9. The smallest absolute Gasteiger partial charge is 0.407 e. The second-order valence-corrected chi connectivity index (χ2v) is 6.82. The second-order valence-electron chi connectivity index (χ2n) is 6.82. The van der Waals surface area contributed by atoms with Crippen LogP contribution in [0.15, 0.2) is 60.7 Å². The molecule has 0 aliphatic heterocycles. The maximum absolute atomic E-state index is 12.0. The van der Waals surface area contributed by atoms with Crippen LogP contribution in [0.1, 0.15) is 18.1 Å². The number of benzene rings is 2. The molecule has 0 aliphatic rings. The van der Waals surface area contributed by atoms with Crippen molar-refractivity contribution >= 4 is 12.0 Å². The third-order valence-electron chi connectivity index (χ3n) is 4.17. The first-order chi connectivity index (χ1) is 13.0. The van der Waals surface area contributed by atoms with Gasteiger partial charge in [0.15, 0.2) is 0 Å². The van der Waals surface area contributed by atoms with Crippen molar-refractivity contribution < 1.29 is 19.4 Å². The van der Waals surface area contributed by atoms with Gasteiger partial charge in [-0.2, -0.15) is 0 Å². The minimum absolute atomic E-state index is 0.0608. The number of nitrogens with one attached hydrogen (secondary N) is 2. The Morgan fingerprint density at radius 1 is 0.963 bits per heavy atom. The number of aliphatic hydroxyl groups is 1. The van der Waals surface area contributed by atoms with Crippen LogP contribution in [0, 0.1) is 5.41 Å². The molecule has 3 N–H and O–H groups in total. The maximum Gasteiger partial charge on any atom is 0.407 e. The Balaban J connectivity index is 1.70. The Kier molecular flexibility index (Phi) is 7.82. The van der Waals surface area contributed by atoms with Gasteiger partial charge in [-0.05, 0) is 17.5 Å². The van der Waals surface area contributed by atoms with E-state index in [0.717, 1.165) is 11.1 Å². The predicted octanol–water partition coefficient (Wildman–Crippen LogP) is 2.27. The van der Waals surface area contributed by atoms with Crippen molar-refractivity contribution in [2.45, 2.75) is 20.0 Å². The highest BCUT2D eigenvalue weighted by Crippen LogP contribution is 2.21. The zero-order chi connectivity index (χ0) is 19.5. The molecule has 2 rings (SSSR count). The topological polar surface area (TPSA) is 87.7 Å². The fraction of sp³-hybridized carbons (Fsp3) is 0.333. The Morgan fingerprint density at radius 2 is 1.56 bits per heavy atom. The summed E-state index contributed by atoms with van der Waals surface area (Å²) in [7, 11) is 0. The number of aliphatic hydroxyl groups excluding tert-OH is 1. The van der Waals surface area contributed by atoms with Gasteiger partial charge in [-0.15, -0.1) is 0 Å². The van der Waals surface area contributed by atoms with E-state index >= 15 is 0 Å². The number of carbonyl (C=O) groups excluding carboxylic acids is 2. The summed E-state index contributed by atoms with van der Waals surface area (Å²) in [6, 6.07) is 19.1. The number of carbonyl (C=O) groups is 2. The molecule has 0 spiro atoms. The van der Waals surface area contributed by atoms with E-state index in [1.54, 1.807) is 0 Å². The van der Waals surface area contributed by atoms with Crippen LogP contribution in [0.5, 0.6) is 0 Å². The lowest BCUT2D eigenvalue weighted by molar-refractivity contribution is -0.120. The summed E-state index contributed by atoms with van der Waals surface area (Å²) in [4.78, 5) is 23.6. The summed E-state index contributed by atoms with van der Waals surface area (Å²) < 4.78 is 5.05. The molecule has 1 atom stereocenters. The Morgan fingerprint density at radius 3 is 2.15 bits per heavy atom. The van der Waals surface area contributed by atoms with Crippen LogP contribution in [0.3, 0.4) is 0 Å². The van der Waals surface area contributed by atoms with Gasteiger partial charge in [-0.3, -0.25) is 4.79 Å². The van der Waals surface area contributed by atoms with E-state index in [4.69, 9.17) is 4.74 Å². The highest BCUT2D eigenvalue weighted by molar-refractivity contribution is 5.82. The van der Waals surface area contributed by atoms with Crippen LogP contribution in [0.2, 0.25) is 0 Å². The molecule has 6 heteroatoms. The van der Waals surface area contributed by atoms with Crippen LogP contribution in [0.4, 0.5) is 4.79 Å². The highest BCUT2D eigenvalue weighted by atomic mass is 16.5. The SMILES string of the molecule is C[C@](CO)(CNC(=O)CNC(=O)OCc1ccccc1)Cc1ccccc1. The van der Waals surface area contributed by atoms with Crippen LogP contribution >= 0.6 is 0 Å². The van der Waals surface area contributed by atoms with E-state index in [9.17, 15) is 14.7 Å². The summed E-state index contributed by atoms with van der Waals surface area (Å²) >= 11 is 0. The number of ether oxygens (including phenoxy) is 1. The largest absolute Gasteiger partial charge is 0.445 e. The summed E-state index contributed by atoms with van der Waals surface area (Å²) in [6.07, 6.45) is -0.0137. The summed E-state index contributed by atoms with van der Waals surface area (Å²) in [6.45, 7) is 2.11. The molecule has 0 saturated carbocycles. The first-order valence-electron chi connectivity index (χ1n) is 8.87. The fourth-order valence-electron chi connectivity index (χ4n) is 2.56. The molecule has 0 saturated heterocycles. The van der Waals surface area contributed by atoms with Gasteiger partial charge in [0.1, 0.15) is 6.61 Å². The second kappa shape index (κ2) is 10.3. The predicted molar refractivity (Wildman–Crippen MR) is 103 cm³/mol. The van der Waals surface area contributed by atoms with Crippen molar-refractivity contribution in [3.05, 3.63) is 71.8 Å². The van der Waals surface area contributed by atoms with Gasteiger partial charge in [-0.1, -0.05) is 67.6 Å². The third kappa shape index (κ3) is 7.50. The van der Waals surface area contributed by atoms with Gasteiger partial charge in [0.2, 0.25) is 5.91 Å². The molecular weight excluding hydrogens is 344 g/mol. The van der Waals surface area contributed by atoms with Crippen molar-refractivity contribution in [3.63, 3.8) is 0 Å². The molecule has 0 aromatic heterocycles. The summed E-state index contributed by atoms with van der Waals surface area (Å²) in [5.74, 6) is -0.334. The number of rotatable bonds is 9. The molecule has 2 aromatic carbocycles. The average Bonchev–Trinajstić information content (AvgIpc) is 2.70. The van der Waals surface area contributed by atoms with E-state index < -0.39 is 11.5 Å². The van der Waals surface area contributed by atoms with Crippen LogP contribution in [0.25, 0.3) is 0 Å². The first-order valence-corrected chi connectivity index (χ1v) is 8.87. The molecule has 144 valence electrons. The van der Waals surface area contributed by atoms with Crippen molar-refractivity contribution in [2.75, 3.05) is 19.7 Å². The quantitative estimate of drug-likeness (QED) is 0.632. The van der Waals surface area contributed by atoms with Crippen LogP contribution in [-0.4, -0.2) is 36.8 Å². The first kappa shape index (κ1) is 20.5. The molecule has 0 radical (unpaired) electrons. The van der Waals surface area contributed by atoms with Crippen molar-refractivity contribution in [1.82, 2.24) is 10.6 Å². The van der Waals surface area contributed by atoms with Crippen molar-refractivity contribution in [3.8, 4) is 0 Å². The molecular formula is C21H26N2O4. The zero-order valence-electron chi connectivity index (χ0n) is 15.5. The monoisotopic (exact) mass is 370 g/mol. The lowest BCUT2D eigenvalue weighted by Gasteiger charge is -2.27. The number of amides is 2. The molecule has 2 aromatic rings. The summed E-state index contributed by atoms with van der Waals surface area (Å²) in [5.41, 5.74) is 1.48. The molecule has 0 heterocycles.